The van der Waals surface area contributed by atoms with Crippen LogP contribution in [0.15, 0.2) is 0 Å². The topological polar surface area (TPSA) is 38.3 Å². The average molecular weight is 185 g/mol. The summed E-state index contributed by atoms with van der Waals surface area (Å²) in [6.07, 6.45) is 4.12. The molecule has 3 heteroatoms. The minimum Gasteiger partial charge on any atom is -0.465 e. The highest BCUT2D eigenvalue weighted by Crippen LogP contribution is 2.30. The van der Waals surface area contributed by atoms with Gasteiger partial charge in [-0.15, -0.1) is 0 Å². The molecule has 0 aromatic rings. The first kappa shape index (κ1) is 10.5. The molecule has 1 fully saturated rings. The van der Waals surface area contributed by atoms with Crippen molar-refractivity contribution in [2.24, 2.45) is 0 Å². The Balaban J connectivity index is 2.60. The Hall–Kier alpha value is -0.570. The van der Waals surface area contributed by atoms with Gasteiger partial charge in [0.25, 0.3) is 0 Å². The molecule has 1 saturated carbocycles. The lowest BCUT2D eigenvalue weighted by Gasteiger charge is -2.27. The zero-order chi connectivity index (χ0) is 9.73. The van der Waals surface area contributed by atoms with E-state index >= 15 is 0 Å². The number of ether oxygens (including phenoxy) is 1. The molecule has 0 aliphatic heterocycles. The van der Waals surface area contributed by atoms with Gasteiger partial charge in [0.1, 0.15) is 5.54 Å². The maximum atomic E-state index is 11.7. The number of nitrogens with one attached hydrogen (secondary N) is 1. The van der Waals surface area contributed by atoms with Crippen LogP contribution in [0.25, 0.3) is 0 Å². The van der Waals surface area contributed by atoms with Gasteiger partial charge in [-0.1, -0.05) is 19.8 Å². The summed E-state index contributed by atoms with van der Waals surface area (Å²) >= 11 is 0. The summed E-state index contributed by atoms with van der Waals surface area (Å²) < 4.78 is 5.08. The van der Waals surface area contributed by atoms with Gasteiger partial charge in [0, 0.05) is 0 Å². The van der Waals surface area contributed by atoms with Crippen molar-refractivity contribution in [1.82, 2.24) is 5.32 Å². The van der Waals surface area contributed by atoms with Gasteiger partial charge in [-0.05, 0) is 26.3 Å². The maximum absolute atomic E-state index is 11.7. The lowest BCUT2D eigenvalue weighted by molar-refractivity contribution is -0.151. The van der Waals surface area contributed by atoms with E-state index in [0.29, 0.717) is 6.61 Å². The van der Waals surface area contributed by atoms with E-state index in [1.54, 1.807) is 0 Å². The quantitative estimate of drug-likeness (QED) is 0.674. The second kappa shape index (κ2) is 4.61. The molecule has 0 saturated heterocycles. The average Bonchev–Trinajstić information content (AvgIpc) is 2.55. The van der Waals surface area contributed by atoms with E-state index in [9.17, 15) is 4.79 Å². The molecule has 0 radical (unpaired) electrons. The number of esters is 1. The largest absolute Gasteiger partial charge is 0.465 e. The van der Waals surface area contributed by atoms with Gasteiger partial charge in [-0.3, -0.25) is 4.79 Å². The fourth-order valence-electron chi connectivity index (χ4n) is 2.04. The van der Waals surface area contributed by atoms with Crippen LogP contribution in [0.2, 0.25) is 0 Å². The molecule has 1 rings (SSSR count). The van der Waals surface area contributed by atoms with Crippen LogP contribution < -0.4 is 5.32 Å². The first-order valence-electron chi connectivity index (χ1n) is 5.17. The molecule has 1 aliphatic carbocycles. The Bertz CT molecular complexity index is 174. The zero-order valence-electron chi connectivity index (χ0n) is 8.56. The number of hydrogen-bond acceptors (Lipinski definition) is 3. The Morgan fingerprint density at radius 2 is 2.00 bits per heavy atom. The molecule has 0 aromatic carbocycles. The molecule has 0 aromatic heterocycles. The van der Waals surface area contributed by atoms with Crippen molar-refractivity contribution in [2.45, 2.75) is 45.1 Å². The zero-order valence-corrected chi connectivity index (χ0v) is 8.56. The lowest BCUT2D eigenvalue weighted by Crippen LogP contribution is -2.50. The van der Waals surface area contributed by atoms with Crippen LogP contribution in [0, 0.1) is 0 Å². The maximum Gasteiger partial charge on any atom is 0.326 e. The van der Waals surface area contributed by atoms with Gasteiger partial charge in [0.15, 0.2) is 0 Å². The number of rotatable bonds is 4. The van der Waals surface area contributed by atoms with E-state index in [2.05, 4.69) is 5.32 Å². The summed E-state index contributed by atoms with van der Waals surface area (Å²) in [5.41, 5.74) is -0.356. The third kappa shape index (κ3) is 2.21. The highest BCUT2D eigenvalue weighted by atomic mass is 16.5. The summed E-state index contributed by atoms with van der Waals surface area (Å²) in [6.45, 7) is 5.19. The van der Waals surface area contributed by atoms with Gasteiger partial charge in [0.2, 0.25) is 0 Å². The molecule has 0 bridgehead atoms. The molecule has 3 nitrogen and oxygen atoms in total. The number of hydrogen-bond donors (Lipinski definition) is 1. The van der Waals surface area contributed by atoms with Crippen molar-refractivity contribution >= 4 is 5.97 Å². The standard InChI is InChI=1S/C10H19NO2/c1-3-11-10(7-5-6-8-10)9(12)13-4-2/h11H,3-8H2,1-2H3. The summed E-state index contributed by atoms with van der Waals surface area (Å²) in [7, 11) is 0. The van der Waals surface area contributed by atoms with Crippen LogP contribution in [0.3, 0.4) is 0 Å². The molecule has 13 heavy (non-hydrogen) atoms. The van der Waals surface area contributed by atoms with Crippen molar-refractivity contribution < 1.29 is 9.53 Å². The second-order valence-electron chi connectivity index (χ2n) is 3.54. The minimum absolute atomic E-state index is 0.0608. The first-order chi connectivity index (χ1) is 6.25. The van der Waals surface area contributed by atoms with Gasteiger partial charge >= 0.3 is 5.97 Å². The third-order valence-electron chi connectivity index (χ3n) is 2.64. The van der Waals surface area contributed by atoms with Crippen molar-refractivity contribution in [3.8, 4) is 0 Å². The molecule has 76 valence electrons. The first-order valence-corrected chi connectivity index (χ1v) is 5.17. The molecular weight excluding hydrogens is 166 g/mol. The number of carbonyl (C=O) groups is 1. The van der Waals surface area contributed by atoms with E-state index in [4.69, 9.17) is 4.74 Å². The van der Waals surface area contributed by atoms with E-state index in [1.807, 2.05) is 13.8 Å². The summed E-state index contributed by atoms with van der Waals surface area (Å²) in [6, 6.07) is 0. The van der Waals surface area contributed by atoms with E-state index in [0.717, 1.165) is 32.2 Å². The highest BCUT2D eigenvalue weighted by molar-refractivity contribution is 5.81. The van der Waals surface area contributed by atoms with Gasteiger partial charge in [-0.2, -0.15) is 0 Å². The van der Waals surface area contributed by atoms with Crippen LogP contribution in [-0.2, 0) is 9.53 Å². The molecular formula is C10H19NO2. The molecule has 0 spiro atoms. The Morgan fingerprint density at radius 1 is 1.38 bits per heavy atom. The molecule has 0 unspecified atom stereocenters. The van der Waals surface area contributed by atoms with Crippen LogP contribution in [0.4, 0.5) is 0 Å². The Labute approximate surface area is 79.8 Å². The van der Waals surface area contributed by atoms with Crippen LogP contribution in [0.1, 0.15) is 39.5 Å². The van der Waals surface area contributed by atoms with Crippen LogP contribution in [-0.4, -0.2) is 24.7 Å². The molecule has 1 aliphatic rings. The fourth-order valence-corrected chi connectivity index (χ4v) is 2.04. The predicted molar refractivity (Wildman–Crippen MR) is 51.5 cm³/mol. The smallest absolute Gasteiger partial charge is 0.326 e. The van der Waals surface area contributed by atoms with Gasteiger partial charge in [0.05, 0.1) is 6.61 Å². The third-order valence-corrected chi connectivity index (χ3v) is 2.64. The van der Waals surface area contributed by atoms with Crippen molar-refractivity contribution in [3.05, 3.63) is 0 Å². The SMILES string of the molecule is CCNC1(C(=O)OCC)CCCC1. The predicted octanol–water partition coefficient (Wildman–Crippen LogP) is 1.47. The monoisotopic (exact) mass is 185 g/mol. The molecule has 1 N–H and O–H groups in total. The summed E-state index contributed by atoms with van der Waals surface area (Å²) in [4.78, 5) is 11.7. The van der Waals surface area contributed by atoms with Crippen LogP contribution in [0.5, 0.6) is 0 Å². The normalized spacial score (nSPS) is 20.2. The van der Waals surface area contributed by atoms with Crippen molar-refractivity contribution in [3.63, 3.8) is 0 Å². The lowest BCUT2D eigenvalue weighted by atomic mass is 9.98. The van der Waals surface area contributed by atoms with Crippen LogP contribution >= 0.6 is 0 Å². The summed E-state index contributed by atoms with van der Waals surface area (Å²) in [5, 5.41) is 3.27. The highest BCUT2D eigenvalue weighted by Gasteiger charge is 2.41. The Morgan fingerprint density at radius 3 is 2.46 bits per heavy atom. The molecule has 0 heterocycles. The second-order valence-corrected chi connectivity index (χ2v) is 3.54. The summed E-state index contributed by atoms with van der Waals surface area (Å²) in [5.74, 6) is -0.0608. The van der Waals surface area contributed by atoms with Gasteiger partial charge in [-0.25, -0.2) is 0 Å². The van der Waals surface area contributed by atoms with Gasteiger partial charge < -0.3 is 10.1 Å². The van der Waals surface area contributed by atoms with E-state index in [1.165, 1.54) is 0 Å². The fraction of sp³-hybridized carbons (Fsp3) is 0.900. The number of carbonyl (C=O) groups excluding carboxylic acids is 1. The van der Waals surface area contributed by atoms with Crippen molar-refractivity contribution in [1.29, 1.82) is 0 Å². The minimum atomic E-state index is -0.356. The van der Waals surface area contributed by atoms with E-state index in [-0.39, 0.29) is 11.5 Å². The Kier molecular flexibility index (Phi) is 3.72. The van der Waals surface area contributed by atoms with Crippen molar-refractivity contribution in [2.75, 3.05) is 13.2 Å². The molecule has 0 atom stereocenters. The molecule has 0 amide bonds. The van der Waals surface area contributed by atoms with E-state index < -0.39 is 0 Å². The number of likely N-dealkylation sites (N-methyl/N-ethyl adjacent to an activating group) is 1.